The number of ether oxygens (including phenoxy) is 2. The zero-order valence-electron chi connectivity index (χ0n) is 17.0. The lowest BCUT2D eigenvalue weighted by atomic mass is 10.1. The van der Waals surface area contributed by atoms with Crippen LogP contribution >= 0.6 is 0 Å². The van der Waals surface area contributed by atoms with Crippen molar-refractivity contribution in [3.63, 3.8) is 0 Å². The minimum absolute atomic E-state index is 0.147. The second-order valence-corrected chi connectivity index (χ2v) is 7.04. The molecule has 1 aromatic heterocycles. The summed E-state index contributed by atoms with van der Waals surface area (Å²) in [5.41, 5.74) is 2.52. The van der Waals surface area contributed by atoms with Gasteiger partial charge in [0.25, 0.3) is 5.91 Å². The molecule has 3 aromatic rings. The van der Waals surface area contributed by atoms with Gasteiger partial charge in [-0.05, 0) is 35.9 Å². The molecule has 0 saturated heterocycles. The Morgan fingerprint density at radius 3 is 2.68 bits per heavy atom. The maximum Gasteiger partial charge on any atom is 0.251 e. The summed E-state index contributed by atoms with van der Waals surface area (Å²) < 4.78 is 25.4. The Morgan fingerprint density at radius 2 is 2.00 bits per heavy atom. The third-order valence-electron chi connectivity index (χ3n) is 4.97. The van der Waals surface area contributed by atoms with E-state index in [9.17, 15) is 14.0 Å². The average molecular weight is 424 g/mol. The van der Waals surface area contributed by atoms with Gasteiger partial charge in [-0.15, -0.1) is 0 Å². The summed E-state index contributed by atoms with van der Waals surface area (Å²) in [5.74, 6) is -0.00863. The Labute approximate surface area is 178 Å². The van der Waals surface area contributed by atoms with Crippen molar-refractivity contribution in [2.75, 3.05) is 24.9 Å². The normalized spacial score (nSPS) is 14.8. The topological polar surface area (TPSA) is 94.5 Å². The number of hydrogen-bond donors (Lipinski definition) is 2. The molecule has 2 heterocycles. The van der Waals surface area contributed by atoms with E-state index in [1.807, 2.05) is 24.3 Å². The Hall–Kier alpha value is -3.72. The van der Waals surface area contributed by atoms with Gasteiger partial charge in [0, 0.05) is 18.4 Å². The molecule has 2 amide bonds. The first-order valence-electron chi connectivity index (χ1n) is 9.61. The zero-order chi connectivity index (χ0) is 22.0. The SMILES string of the molecule is COCc1nn2c(c1-c1ccc(OC)cc1)NC(=O)C2CC(=O)Nc1cccc(F)c1. The van der Waals surface area contributed by atoms with E-state index in [0.29, 0.717) is 22.9 Å². The molecule has 160 valence electrons. The van der Waals surface area contributed by atoms with Crippen molar-refractivity contribution >= 4 is 23.3 Å². The number of carbonyl (C=O) groups excluding carboxylic acids is 2. The van der Waals surface area contributed by atoms with Crippen LogP contribution in [0.15, 0.2) is 48.5 Å². The summed E-state index contributed by atoms with van der Waals surface area (Å²) >= 11 is 0. The van der Waals surface area contributed by atoms with Crippen LogP contribution in [-0.4, -0.2) is 35.8 Å². The number of fused-ring (bicyclic) bond motifs is 1. The highest BCUT2D eigenvalue weighted by atomic mass is 19.1. The average Bonchev–Trinajstić information content (AvgIpc) is 3.23. The summed E-state index contributed by atoms with van der Waals surface area (Å²) in [6.07, 6.45) is -0.147. The smallest absolute Gasteiger partial charge is 0.251 e. The van der Waals surface area contributed by atoms with Gasteiger partial charge in [0.2, 0.25) is 5.91 Å². The number of anilines is 2. The van der Waals surface area contributed by atoms with Crippen molar-refractivity contribution in [3.05, 3.63) is 60.0 Å². The van der Waals surface area contributed by atoms with Crippen molar-refractivity contribution in [2.45, 2.75) is 19.1 Å². The first-order valence-corrected chi connectivity index (χ1v) is 9.61. The molecular formula is C22H21FN4O4. The maximum absolute atomic E-state index is 13.4. The molecule has 1 atom stereocenters. The van der Waals surface area contributed by atoms with Gasteiger partial charge in [-0.25, -0.2) is 9.07 Å². The monoisotopic (exact) mass is 424 g/mol. The number of hydrogen-bond acceptors (Lipinski definition) is 5. The van der Waals surface area contributed by atoms with E-state index in [2.05, 4.69) is 15.7 Å². The molecule has 8 nitrogen and oxygen atoms in total. The summed E-state index contributed by atoms with van der Waals surface area (Å²) in [6, 6.07) is 12.1. The van der Waals surface area contributed by atoms with Crippen LogP contribution in [0, 0.1) is 5.82 Å². The predicted octanol–water partition coefficient (Wildman–Crippen LogP) is 3.37. The Kier molecular flexibility index (Phi) is 5.68. The molecule has 0 bridgehead atoms. The van der Waals surface area contributed by atoms with Crippen molar-refractivity contribution in [1.29, 1.82) is 0 Å². The lowest BCUT2D eigenvalue weighted by molar-refractivity contribution is -0.123. The lowest BCUT2D eigenvalue weighted by Crippen LogP contribution is -2.24. The number of aromatic nitrogens is 2. The third-order valence-corrected chi connectivity index (χ3v) is 4.97. The fourth-order valence-electron chi connectivity index (χ4n) is 3.57. The number of methoxy groups -OCH3 is 2. The van der Waals surface area contributed by atoms with Gasteiger partial charge in [0.15, 0.2) is 0 Å². The molecular weight excluding hydrogens is 403 g/mol. The van der Waals surface area contributed by atoms with Gasteiger partial charge in [0.1, 0.15) is 23.4 Å². The quantitative estimate of drug-likeness (QED) is 0.607. The summed E-state index contributed by atoms with van der Waals surface area (Å²) in [6.45, 7) is 0.236. The molecule has 4 rings (SSSR count). The maximum atomic E-state index is 13.4. The van der Waals surface area contributed by atoms with Gasteiger partial charge in [-0.1, -0.05) is 18.2 Å². The van der Waals surface area contributed by atoms with Gasteiger partial charge < -0.3 is 20.1 Å². The van der Waals surface area contributed by atoms with Crippen LogP contribution in [-0.2, 0) is 20.9 Å². The van der Waals surface area contributed by atoms with Gasteiger partial charge in [-0.2, -0.15) is 5.10 Å². The number of benzene rings is 2. The predicted molar refractivity (Wildman–Crippen MR) is 112 cm³/mol. The van der Waals surface area contributed by atoms with E-state index in [1.165, 1.54) is 22.9 Å². The fourth-order valence-corrected chi connectivity index (χ4v) is 3.57. The molecule has 0 saturated carbocycles. The highest BCUT2D eigenvalue weighted by Crippen LogP contribution is 2.39. The molecule has 2 aromatic carbocycles. The van der Waals surface area contributed by atoms with Crippen molar-refractivity contribution in [1.82, 2.24) is 9.78 Å². The number of amides is 2. The van der Waals surface area contributed by atoms with Crippen molar-refractivity contribution < 1.29 is 23.5 Å². The molecule has 0 spiro atoms. The highest BCUT2D eigenvalue weighted by molar-refractivity contribution is 6.04. The Morgan fingerprint density at radius 1 is 1.23 bits per heavy atom. The molecule has 2 N–H and O–H groups in total. The van der Waals surface area contributed by atoms with Crippen LogP contribution in [0.25, 0.3) is 11.1 Å². The van der Waals surface area contributed by atoms with E-state index in [0.717, 1.165) is 11.1 Å². The van der Waals surface area contributed by atoms with E-state index >= 15 is 0 Å². The number of halogens is 1. The van der Waals surface area contributed by atoms with Crippen molar-refractivity contribution in [3.8, 4) is 16.9 Å². The number of carbonyl (C=O) groups is 2. The number of nitrogens with zero attached hydrogens (tertiary/aromatic N) is 2. The largest absolute Gasteiger partial charge is 0.497 e. The highest BCUT2D eigenvalue weighted by Gasteiger charge is 2.37. The zero-order valence-corrected chi connectivity index (χ0v) is 17.0. The minimum Gasteiger partial charge on any atom is -0.497 e. The molecule has 1 unspecified atom stereocenters. The van der Waals surface area contributed by atoms with Crippen molar-refractivity contribution in [2.24, 2.45) is 0 Å². The van der Waals surface area contributed by atoms with Crippen LogP contribution in [0.5, 0.6) is 5.75 Å². The van der Waals surface area contributed by atoms with Gasteiger partial charge in [0.05, 0.1) is 25.8 Å². The van der Waals surface area contributed by atoms with E-state index in [4.69, 9.17) is 9.47 Å². The summed E-state index contributed by atoms with van der Waals surface area (Å²) in [5, 5.41) is 9.99. The molecule has 1 aliphatic rings. The lowest BCUT2D eigenvalue weighted by Gasteiger charge is -2.10. The standard InChI is InChI=1S/C22H21FN4O4/c1-30-12-17-20(13-6-8-16(31-2)9-7-13)21-25-22(29)18(27(21)26-17)11-19(28)24-15-5-3-4-14(23)10-15/h3-10,18H,11-12H2,1-2H3,(H,24,28)(H,25,29). The second kappa shape index (κ2) is 8.57. The first kappa shape index (κ1) is 20.5. The first-order chi connectivity index (χ1) is 15.0. The molecule has 31 heavy (non-hydrogen) atoms. The fraction of sp³-hybridized carbons (Fsp3) is 0.227. The van der Waals surface area contributed by atoms with Crippen LogP contribution < -0.4 is 15.4 Å². The second-order valence-electron chi connectivity index (χ2n) is 7.04. The van der Waals surface area contributed by atoms with E-state index < -0.39 is 17.8 Å². The molecule has 0 radical (unpaired) electrons. The number of rotatable bonds is 7. The minimum atomic E-state index is -0.828. The van der Waals surface area contributed by atoms with Crippen LogP contribution in [0.1, 0.15) is 18.2 Å². The van der Waals surface area contributed by atoms with Crippen LogP contribution in [0.4, 0.5) is 15.9 Å². The molecule has 0 fully saturated rings. The van der Waals surface area contributed by atoms with Crippen LogP contribution in [0.3, 0.4) is 0 Å². The van der Waals surface area contributed by atoms with Gasteiger partial charge >= 0.3 is 0 Å². The van der Waals surface area contributed by atoms with Gasteiger partial charge in [-0.3, -0.25) is 9.59 Å². The van der Waals surface area contributed by atoms with Crippen LogP contribution in [0.2, 0.25) is 0 Å². The molecule has 1 aliphatic heterocycles. The summed E-state index contributed by atoms with van der Waals surface area (Å²) in [7, 11) is 3.15. The number of nitrogens with one attached hydrogen (secondary N) is 2. The Balaban J connectivity index is 1.62. The van der Waals surface area contributed by atoms with E-state index in [-0.39, 0.29) is 18.9 Å². The molecule has 0 aliphatic carbocycles. The Bertz CT molecular complexity index is 1130. The summed E-state index contributed by atoms with van der Waals surface area (Å²) in [4.78, 5) is 25.1. The third kappa shape index (κ3) is 4.13. The molecule has 9 heteroatoms. The van der Waals surface area contributed by atoms with E-state index in [1.54, 1.807) is 20.3 Å².